The van der Waals surface area contributed by atoms with Crippen LogP contribution in [0, 0.1) is 13.8 Å². The van der Waals surface area contributed by atoms with Crippen molar-refractivity contribution in [2.75, 3.05) is 25.0 Å². The van der Waals surface area contributed by atoms with Gasteiger partial charge < -0.3 is 19.4 Å². The Morgan fingerprint density at radius 1 is 1.23 bits per heavy atom. The summed E-state index contributed by atoms with van der Waals surface area (Å²) < 4.78 is 7.51. The molecule has 0 saturated carbocycles. The summed E-state index contributed by atoms with van der Waals surface area (Å²) in [7, 11) is 0. The lowest BCUT2D eigenvalue weighted by atomic mass is 10.1. The number of aromatic nitrogens is 2. The first-order chi connectivity index (χ1) is 14.5. The number of carbonyl (C=O) groups excluding carboxylic acids is 2. The zero-order valence-electron chi connectivity index (χ0n) is 17.3. The number of amides is 2. The Morgan fingerprint density at radius 3 is 2.87 bits per heavy atom. The summed E-state index contributed by atoms with van der Waals surface area (Å²) in [6, 6.07) is 11.4. The van der Waals surface area contributed by atoms with E-state index >= 15 is 0 Å². The molecule has 0 spiro atoms. The Hall–Kier alpha value is -3.19. The van der Waals surface area contributed by atoms with E-state index in [1.165, 1.54) is 4.90 Å². The van der Waals surface area contributed by atoms with Crippen LogP contribution >= 0.6 is 0 Å². The number of hydrogen-bond acceptors (Lipinski definition) is 4. The molecule has 156 valence electrons. The van der Waals surface area contributed by atoms with Gasteiger partial charge >= 0.3 is 0 Å². The molecule has 30 heavy (non-hydrogen) atoms. The number of hydrogen-bond donors (Lipinski definition) is 1. The van der Waals surface area contributed by atoms with Crippen molar-refractivity contribution in [2.24, 2.45) is 0 Å². The van der Waals surface area contributed by atoms with E-state index in [1.54, 1.807) is 10.6 Å². The van der Waals surface area contributed by atoms with Gasteiger partial charge in [-0.25, -0.2) is 4.98 Å². The summed E-state index contributed by atoms with van der Waals surface area (Å²) in [5.41, 5.74) is 3.89. The minimum atomic E-state index is -0.273. The van der Waals surface area contributed by atoms with Gasteiger partial charge in [0.1, 0.15) is 17.9 Å². The van der Waals surface area contributed by atoms with E-state index in [0.29, 0.717) is 24.5 Å². The summed E-state index contributed by atoms with van der Waals surface area (Å²) >= 11 is 0. The van der Waals surface area contributed by atoms with Crippen molar-refractivity contribution < 1.29 is 14.3 Å². The predicted molar refractivity (Wildman–Crippen MR) is 115 cm³/mol. The van der Waals surface area contributed by atoms with E-state index in [1.807, 2.05) is 56.4 Å². The van der Waals surface area contributed by atoms with Crippen LogP contribution in [0.5, 0.6) is 0 Å². The number of pyridine rings is 1. The number of imidazole rings is 1. The van der Waals surface area contributed by atoms with Crippen molar-refractivity contribution >= 4 is 23.1 Å². The molecule has 7 heteroatoms. The number of nitrogens with zero attached hydrogens (tertiary/aromatic N) is 3. The molecule has 0 unspecified atom stereocenters. The van der Waals surface area contributed by atoms with Crippen LogP contribution in [0.15, 0.2) is 48.8 Å². The fraction of sp³-hybridized carbons (Fsp3) is 0.348. The van der Waals surface area contributed by atoms with Gasteiger partial charge in [0.15, 0.2) is 0 Å². The predicted octanol–water partition coefficient (Wildman–Crippen LogP) is 3.21. The number of ether oxygens (including phenoxy) is 1. The number of aryl methyl sites for hydroxylation is 1. The normalized spacial score (nSPS) is 16.0. The van der Waals surface area contributed by atoms with Gasteiger partial charge in [0.2, 0.25) is 5.91 Å². The van der Waals surface area contributed by atoms with E-state index in [2.05, 4.69) is 10.3 Å². The van der Waals surface area contributed by atoms with E-state index < -0.39 is 0 Å². The second-order valence-corrected chi connectivity index (χ2v) is 7.71. The quantitative estimate of drug-likeness (QED) is 0.682. The highest BCUT2D eigenvalue weighted by Crippen LogP contribution is 2.19. The fourth-order valence-corrected chi connectivity index (χ4v) is 3.70. The molecule has 2 aromatic heterocycles. The Labute approximate surface area is 175 Å². The lowest BCUT2D eigenvalue weighted by Gasteiger charge is -2.24. The average molecular weight is 406 g/mol. The second-order valence-electron chi connectivity index (χ2n) is 7.71. The molecule has 0 radical (unpaired) electrons. The van der Waals surface area contributed by atoms with Crippen LogP contribution in [-0.4, -0.2) is 51.9 Å². The summed E-state index contributed by atoms with van der Waals surface area (Å²) in [4.78, 5) is 32.0. The summed E-state index contributed by atoms with van der Waals surface area (Å²) in [6.45, 7) is 4.97. The van der Waals surface area contributed by atoms with Crippen LogP contribution in [-0.2, 0) is 9.53 Å². The number of rotatable bonds is 6. The highest BCUT2D eigenvalue weighted by molar-refractivity contribution is 5.99. The maximum absolute atomic E-state index is 13.2. The van der Waals surface area contributed by atoms with Crippen LogP contribution in [0.1, 0.15) is 34.5 Å². The fourth-order valence-electron chi connectivity index (χ4n) is 3.70. The molecule has 1 fully saturated rings. The minimum absolute atomic E-state index is 0.0556. The van der Waals surface area contributed by atoms with E-state index in [9.17, 15) is 9.59 Å². The average Bonchev–Trinajstić information content (AvgIpc) is 3.40. The third kappa shape index (κ3) is 4.36. The Morgan fingerprint density at radius 2 is 2.10 bits per heavy atom. The van der Waals surface area contributed by atoms with Gasteiger partial charge in [-0.1, -0.05) is 18.2 Å². The maximum Gasteiger partial charge on any atom is 0.274 e. The molecule has 7 nitrogen and oxygen atoms in total. The molecule has 0 aliphatic carbocycles. The molecule has 3 aromatic rings. The molecular formula is C23H26N4O3. The molecule has 3 heterocycles. The highest BCUT2D eigenvalue weighted by Gasteiger charge is 2.27. The van der Waals surface area contributed by atoms with Crippen molar-refractivity contribution in [3.8, 4) is 0 Å². The smallest absolute Gasteiger partial charge is 0.274 e. The monoisotopic (exact) mass is 406 g/mol. The van der Waals surface area contributed by atoms with Crippen LogP contribution in [0.2, 0.25) is 0 Å². The van der Waals surface area contributed by atoms with Crippen LogP contribution < -0.4 is 5.32 Å². The number of carbonyl (C=O) groups is 2. The van der Waals surface area contributed by atoms with Gasteiger partial charge in [0.05, 0.1) is 6.10 Å². The summed E-state index contributed by atoms with van der Waals surface area (Å²) in [6.07, 6.45) is 5.34. The topological polar surface area (TPSA) is 75.9 Å². The molecule has 1 aliphatic rings. The van der Waals surface area contributed by atoms with Crippen molar-refractivity contribution in [2.45, 2.75) is 32.8 Å². The van der Waals surface area contributed by atoms with Crippen molar-refractivity contribution in [3.05, 3.63) is 65.6 Å². The number of benzene rings is 1. The summed E-state index contributed by atoms with van der Waals surface area (Å²) in [5, 5.41) is 2.94. The molecule has 1 aromatic carbocycles. The number of nitrogens with one attached hydrogen (secondary N) is 1. The van der Waals surface area contributed by atoms with Gasteiger partial charge in [-0.05, 0) is 56.0 Å². The summed E-state index contributed by atoms with van der Waals surface area (Å²) in [5.74, 6) is -0.510. The second kappa shape index (κ2) is 8.67. The first-order valence-electron chi connectivity index (χ1n) is 10.2. The van der Waals surface area contributed by atoms with Gasteiger partial charge in [0, 0.05) is 31.2 Å². The first kappa shape index (κ1) is 20.1. The molecule has 4 rings (SSSR count). The lowest BCUT2D eigenvalue weighted by Crippen LogP contribution is -2.42. The molecule has 1 N–H and O–H groups in total. The molecule has 0 bridgehead atoms. The third-order valence-electron chi connectivity index (χ3n) is 5.53. The zero-order chi connectivity index (χ0) is 21.1. The van der Waals surface area contributed by atoms with Gasteiger partial charge in [-0.2, -0.15) is 0 Å². The Balaban J connectivity index is 1.53. The number of anilines is 1. The molecule has 1 saturated heterocycles. The van der Waals surface area contributed by atoms with Crippen LogP contribution in [0.3, 0.4) is 0 Å². The lowest BCUT2D eigenvalue weighted by molar-refractivity contribution is -0.117. The van der Waals surface area contributed by atoms with Crippen LogP contribution in [0.4, 0.5) is 5.69 Å². The third-order valence-corrected chi connectivity index (χ3v) is 5.53. The van der Waals surface area contributed by atoms with Crippen molar-refractivity contribution in [1.82, 2.24) is 14.3 Å². The van der Waals surface area contributed by atoms with Gasteiger partial charge in [-0.3, -0.25) is 9.59 Å². The van der Waals surface area contributed by atoms with Gasteiger partial charge in [-0.15, -0.1) is 0 Å². The first-order valence-corrected chi connectivity index (χ1v) is 10.2. The van der Waals surface area contributed by atoms with Crippen molar-refractivity contribution in [3.63, 3.8) is 0 Å². The Kier molecular flexibility index (Phi) is 5.81. The van der Waals surface area contributed by atoms with Crippen LogP contribution in [0.25, 0.3) is 5.65 Å². The standard InChI is InChI=1S/C23H26N4O3/c1-16-7-5-9-19(17(16)2)25-22(28)15-27(13-18-8-6-12-30-18)23(29)20-14-26-11-4-3-10-21(26)24-20/h3-5,7,9-11,14,18H,6,8,12-13,15H2,1-2H3,(H,25,28)/t18-/m0/s1. The highest BCUT2D eigenvalue weighted by atomic mass is 16.5. The van der Waals surface area contributed by atoms with Gasteiger partial charge in [0.25, 0.3) is 5.91 Å². The Bertz CT molecular complexity index is 1040. The van der Waals surface area contributed by atoms with E-state index in [4.69, 9.17) is 4.74 Å². The minimum Gasteiger partial charge on any atom is -0.376 e. The largest absolute Gasteiger partial charge is 0.376 e. The van der Waals surface area contributed by atoms with Crippen molar-refractivity contribution in [1.29, 1.82) is 0 Å². The zero-order valence-corrected chi connectivity index (χ0v) is 17.3. The van der Waals surface area contributed by atoms with E-state index in [-0.39, 0.29) is 24.5 Å². The molecule has 1 aliphatic heterocycles. The number of fused-ring (bicyclic) bond motifs is 1. The maximum atomic E-state index is 13.2. The molecule has 2 amide bonds. The SMILES string of the molecule is Cc1cccc(NC(=O)CN(C[C@@H]2CCCO2)C(=O)c2cn3ccccc3n2)c1C. The molecular weight excluding hydrogens is 380 g/mol. The van der Waals surface area contributed by atoms with E-state index in [0.717, 1.165) is 29.7 Å². The molecule has 1 atom stereocenters.